The third-order valence-electron chi connectivity index (χ3n) is 4.26. The summed E-state index contributed by atoms with van der Waals surface area (Å²) in [6, 6.07) is 5.96. The van der Waals surface area contributed by atoms with Crippen LogP contribution in [0.15, 0.2) is 29.4 Å². The summed E-state index contributed by atoms with van der Waals surface area (Å²) in [6.07, 6.45) is 6.26. The zero-order valence-corrected chi connectivity index (χ0v) is 17.9. The van der Waals surface area contributed by atoms with Crippen LogP contribution in [-0.2, 0) is 6.42 Å². The Morgan fingerprint density at radius 1 is 1.16 bits per heavy atom. The zero-order valence-electron chi connectivity index (χ0n) is 15.5. The highest BCUT2D eigenvalue weighted by Crippen LogP contribution is 2.07. The van der Waals surface area contributed by atoms with Crippen molar-refractivity contribution in [3.05, 3.63) is 30.2 Å². The Balaban J connectivity index is 0.00000312. The molecule has 0 amide bonds. The number of rotatable bonds is 9. The second-order valence-corrected chi connectivity index (χ2v) is 5.98. The van der Waals surface area contributed by atoms with E-state index >= 15 is 0 Å². The lowest BCUT2D eigenvalue weighted by atomic mass is 10.0. The lowest BCUT2D eigenvalue weighted by Crippen LogP contribution is -2.38. The number of hydrogen-bond acceptors (Lipinski definition) is 3. The predicted octanol–water partition coefficient (Wildman–Crippen LogP) is 3.27. The minimum atomic E-state index is 0. The summed E-state index contributed by atoms with van der Waals surface area (Å²) in [6.45, 7) is 9.19. The number of fused-ring (bicyclic) bond motifs is 1. The summed E-state index contributed by atoms with van der Waals surface area (Å²) in [5, 5.41) is 15.2. The van der Waals surface area contributed by atoms with E-state index in [2.05, 4.69) is 41.6 Å². The van der Waals surface area contributed by atoms with Crippen LogP contribution in [0.1, 0.15) is 45.9 Å². The molecule has 140 valence electrons. The summed E-state index contributed by atoms with van der Waals surface area (Å²) in [4.78, 5) is 4.70. The smallest absolute Gasteiger partial charge is 0.191 e. The summed E-state index contributed by atoms with van der Waals surface area (Å²) < 4.78 is 2.05. The van der Waals surface area contributed by atoms with Crippen LogP contribution < -0.4 is 10.6 Å². The van der Waals surface area contributed by atoms with Gasteiger partial charge in [0.15, 0.2) is 11.6 Å². The fourth-order valence-corrected chi connectivity index (χ4v) is 2.62. The van der Waals surface area contributed by atoms with E-state index in [4.69, 9.17) is 4.99 Å². The molecule has 0 aliphatic heterocycles. The SMILES string of the molecule is CCNC(=NCC(CC)CC)NCCCc1nnc2ccccn12.I. The van der Waals surface area contributed by atoms with Gasteiger partial charge in [0.25, 0.3) is 0 Å². The van der Waals surface area contributed by atoms with Gasteiger partial charge in [0, 0.05) is 32.3 Å². The maximum atomic E-state index is 4.70. The van der Waals surface area contributed by atoms with E-state index in [1.807, 2.05) is 28.8 Å². The number of aromatic nitrogens is 3. The number of nitrogens with one attached hydrogen (secondary N) is 2. The largest absolute Gasteiger partial charge is 0.357 e. The average Bonchev–Trinajstić information content (AvgIpc) is 3.02. The number of nitrogens with zero attached hydrogens (tertiary/aromatic N) is 4. The fraction of sp³-hybridized carbons (Fsp3) is 0.611. The highest BCUT2D eigenvalue weighted by Gasteiger charge is 2.05. The van der Waals surface area contributed by atoms with Crippen LogP contribution in [0.25, 0.3) is 5.65 Å². The molecule has 25 heavy (non-hydrogen) atoms. The van der Waals surface area contributed by atoms with Crippen LogP contribution in [0, 0.1) is 5.92 Å². The van der Waals surface area contributed by atoms with Gasteiger partial charge in [-0.2, -0.15) is 0 Å². The van der Waals surface area contributed by atoms with E-state index in [1.54, 1.807) is 0 Å². The third kappa shape index (κ3) is 6.80. The summed E-state index contributed by atoms with van der Waals surface area (Å²) in [7, 11) is 0. The van der Waals surface area contributed by atoms with Gasteiger partial charge in [-0.25, -0.2) is 0 Å². The van der Waals surface area contributed by atoms with E-state index in [1.165, 1.54) is 12.8 Å². The van der Waals surface area contributed by atoms with E-state index in [-0.39, 0.29) is 24.0 Å². The Morgan fingerprint density at radius 2 is 1.96 bits per heavy atom. The average molecular weight is 458 g/mol. The van der Waals surface area contributed by atoms with Crippen molar-refractivity contribution in [1.82, 2.24) is 25.2 Å². The van der Waals surface area contributed by atoms with Crippen LogP contribution in [0.2, 0.25) is 0 Å². The Hall–Kier alpha value is -1.38. The lowest BCUT2D eigenvalue weighted by Gasteiger charge is -2.13. The molecule has 2 N–H and O–H groups in total. The van der Waals surface area contributed by atoms with Crippen molar-refractivity contribution in [3.8, 4) is 0 Å². The third-order valence-corrected chi connectivity index (χ3v) is 4.26. The molecule has 0 aliphatic rings. The van der Waals surface area contributed by atoms with Crippen molar-refractivity contribution in [1.29, 1.82) is 0 Å². The van der Waals surface area contributed by atoms with E-state index in [0.29, 0.717) is 5.92 Å². The van der Waals surface area contributed by atoms with Crippen molar-refractivity contribution in [2.75, 3.05) is 19.6 Å². The van der Waals surface area contributed by atoms with Crippen LogP contribution in [0.3, 0.4) is 0 Å². The second kappa shape index (κ2) is 12.1. The molecule has 0 unspecified atom stereocenters. The molecular weight excluding hydrogens is 427 g/mol. The summed E-state index contributed by atoms with van der Waals surface area (Å²) in [5.74, 6) is 2.59. The van der Waals surface area contributed by atoms with Crippen molar-refractivity contribution in [2.24, 2.45) is 10.9 Å². The number of hydrogen-bond donors (Lipinski definition) is 2. The highest BCUT2D eigenvalue weighted by atomic mass is 127. The quantitative estimate of drug-likeness (QED) is 0.262. The van der Waals surface area contributed by atoms with Crippen molar-refractivity contribution in [2.45, 2.75) is 46.5 Å². The first kappa shape index (κ1) is 21.7. The Morgan fingerprint density at radius 3 is 2.68 bits per heavy atom. The van der Waals surface area contributed by atoms with Gasteiger partial charge >= 0.3 is 0 Å². The topological polar surface area (TPSA) is 66.6 Å². The van der Waals surface area contributed by atoms with Crippen molar-refractivity contribution < 1.29 is 0 Å². The highest BCUT2D eigenvalue weighted by molar-refractivity contribution is 14.0. The molecule has 2 aromatic rings. The summed E-state index contributed by atoms with van der Waals surface area (Å²) >= 11 is 0. The number of pyridine rings is 1. The minimum Gasteiger partial charge on any atom is -0.357 e. The molecule has 0 spiro atoms. The molecule has 2 heterocycles. The molecule has 0 bridgehead atoms. The molecule has 0 saturated carbocycles. The van der Waals surface area contributed by atoms with Gasteiger partial charge in [0.1, 0.15) is 5.82 Å². The summed E-state index contributed by atoms with van der Waals surface area (Å²) in [5.41, 5.74) is 0.903. The van der Waals surface area contributed by atoms with Gasteiger partial charge < -0.3 is 10.6 Å². The first-order chi connectivity index (χ1) is 11.8. The number of guanidine groups is 1. The molecule has 0 aromatic carbocycles. The van der Waals surface area contributed by atoms with Gasteiger partial charge in [-0.3, -0.25) is 9.39 Å². The molecule has 0 fully saturated rings. The minimum absolute atomic E-state index is 0. The Bertz CT molecular complexity index is 635. The first-order valence-corrected chi connectivity index (χ1v) is 9.09. The van der Waals surface area contributed by atoms with Crippen LogP contribution in [-0.4, -0.2) is 40.2 Å². The van der Waals surface area contributed by atoms with E-state index < -0.39 is 0 Å². The van der Waals surface area contributed by atoms with Gasteiger partial charge in [-0.05, 0) is 31.4 Å². The fourth-order valence-electron chi connectivity index (χ4n) is 2.62. The molecule has 0 radical (unpaired) electrons. The number of halogens is 1. The van der Waals surface area contributed by atoms with Crippen molar-refractivity contribution >= 4 is 35.6 Å². The number of aliphatic imine (C=N–C) groups is 1. The molecule has 0 aliphatic carbocycles. The van der Waals surface area contributed by atoms with Crippen LogP contribution in [0.4, 0.5) is 0 Å². The lowest BCUT2D eigenvalue weighted by molar-refractivity contribution is 0.504. The second-order valence-electron chi connectivity index (χ2n) is 5.98. The molecule has 2 aromatic heterocycles. The van der Waals surface area contributed by atoms with E-state index in [9.17, 15) is 0 Å². The molecule has 0 saturated heterocycles. The monoisotopic (exact) mass is 458 g/mol. The molecule has 7 heteroatoms. The standard InChI is InChI=1S/C18H30N6.HI/c1-4-15(5-2)14-21-18(19-6-3)20-12-9-11-17-23-22-16-10-7-8-13-24(16)17;/h7-8,10,13,15H,4-6,9,11-12,14H2,1-3H3,(H2,19,20,21);1H. The van der Waals surface area contributed by atoms with Crippen molar-refractivity contribution in [3.63, 3.8) is 0 Å². The molecule has 6 nitrogen and oxygen atoms in total. The van der Waals surface area contributed by atoms with Crippen LogP contribution in [0.5, 0.6) is 0 Å². The van der Waals surface area contributed by atoms with Gasteiger partial charge in [-0.15, -0.1) is 34.2 Å². The molecule has 0 atom stereocenters. The molecular formula is C18H31IN6. The maximum absolute atomic E-state index is 4.70. The van der Waals surface area contributed by atoms with Gasteiger partial charge in [-0.1, -0.05) is 32.8 Å². The zero-order chi connectivity index (χ0) is 17.2. The molecule has 2 rings (SSSR count). The first-order valence-electron chi connectivity index (χ1n) is 9.09. The Labute approximate surface area is 167 Å². The normalized spacial score (nSPS) is 11.6. The van der Waals surface area contributed by atoms with Gasteiger partial charge in [0.05, 0.1) is 0 Å². The predicted molar refractivity (Wildman–Crippen MR) is 115 cm³/mol. The van der Waals surface area contributed by atoms with Gasteiger partial charge in [0.2, 0.25) is 0 Å². The van der Waals surface area contributed by atoms with Crippen LogP contribution >= 0.6 is 24.0 Å². The van der Waals surface area contributed by atoms with E-state index in [0.717, 1.165) is 49.9 Å². The number of aryl methyl sites for hydroxylation is 1. The Kier molecular flexibility index (Phi) is 10.4. The maximum Gasteiger partial charge on any atom is 0.191 e.